The Morgan fingerprint density at radius 2 is 1.95 bits per heavy atom. The summed E-state index contributed by atoms with van der Waals surface area (Å²) in [6.07, 6.45) is 0. The van der Waals surface area contributed by atoms with Crippen LogP contribution in [0, 0.1) is 5.92 Å². The number of rotatable bonds is 0. The molecule has 6 nitrogen and oxygen atoms in total. The maximum absolute atomic E-state index is 12.3. The van der Waals surface area contributed by atoms with Gasteiger partial charge in [0.25, 0.3) is 5.56 Å². The van der Waals surface area contributed by atoms with Gasteiger partial charge in [0.05, 0.1) is 18.8 Å². The lowest BCUT2D eigenvalue weighted by Gasteiger charge is -2.37. The molecule has 108 valence electrons. The third kappa shape index (κ3) is 1.65. The highest BCUT2D eigenvalue weighted by Crippen LogP contribution is 2.44. The van der Waals surface area contributed by atoms with Crippen LogP contribution in [0.3, 0.4) is 0 Å². The topological polar surface area (TPSA) is 73.3 Å². The van der Waals surface area contributed by atoms with E-state index in [1.807, 2.05) is 24.3 Å². The number of fused-ring (bicyclic) bond motifs is 5. The van der Waals surface area contributed by atoms with E-state index in [4.69, 9.17) is 9.47 Å². The SMILES string of the molecule is Cn1c2c(c(=O)[nH]c1=O)[C@H]1c3ccccc3OC[C@H]1CO2. The number of aromatic amines is 1. The smallest absolute Gasteiger partial charge is 0.330 e. The van der Waals surface area contributed by atoms with E-state index < -0.39 is 5.69 Å². The molecule has 0 unspecified atom stereocenters. The molecule has 0 amide bonds. The monoisotopic (exact) mass is 286 g/mol. The second kappa shape index (κ2) is 4.25. The summed E-state index contributed by atoms with van der Waals surface area (Å²) in [6.45, 7) is 0.937. The van der Waals surface area contributed by atoms with Crippen LogP contribution < -0.4 is 20.7 Å². The van der Waals surface area contributed by atoms with Crippen molar-refractivity contribution in [3.05, 3.63) is 56.2 Å². The number of benzene rings is 1. The van der Waals surface area contributed by atoms with Crippen LogP contribution in [-0.2, 0) is 7.05 Å². The first-order valence-corrected chi connectivity index (χ1v) is 6.84. The Balaban J connectivity index is 2.02. The van der Waals surface area contributed by atoms with Gasteiger partial charge >= 0.3 is 5.69 Å². The van der Waals surface area contributed by atoms with E-state index >= 15 is 0 Å². The molecule has 1 aromatic carbocycles. The van der Waals surface area contributed by atoms with E-state index in [1.54, 1.807) is 7.05 Å². The Kier molecular flexibility index (Phi) is 2.48. The van der Waals surface area contributed by atoms with Crippen LogP contribution in [-0.4, -0.2) is 22.8 Å². The highest BCUT2D eigenvalue weighted by Gasteiger charge is 2.40. The molecule has 0 fully saturated rings. The van der Waals surface area contributed by atoms with Crippen LogP contribution in [0.2, 0.25) is 0 Å². The predicted molar refractivity (Wildman–Crippen MR) is 75.1 cm³/mol. The molecule has 4 rings (SSSR count). The van der Waals surface area contributed by atoms with Gasteiger partial charge in [-0.2, -0.15) is 0 Å². The average molecular weight is 286 g/mol. The van der Waals surface area contributed by atoms with Crippen molar-refractivity contribution >= 4 is 0 Å². The zero-order valence-electron chi connectivity index (χ0n) is 11.5. The van der Waals surface area contributed by atoms with Crippen molar-refractivity contribution in [2.75, 3.05) is 13.2 Å². The molecule has 0 radical (unpaired) electrons. The predicted octanol–water partition coefficient (Wildman–Crippen LogP) is 0.606. The fraction of sp³-hybridized carbons (Fsp3) is 0.333. The fourth-order valence-corrected chi connectivity index (χ4v) is 3.20. The molecule has 2 aliphatic rings. The number of nitrogens with zero attached hydrogens (tertiary/aromatic N) is 1. The highest BCUT2D eigenvalue weighted by atomic mass is 16.5. The standard InChI is InChI=1S/C15H14N2O4/c1-17-14-12(13(18)16-15(17)19)11-8(7-21-14)6-20-10-5-3-2-4-9(10)11/h2-5,8,11H,6-7H2,1H3,(H,16,18,19)/t8-,11+/m0/s1. The molecular weight excluding hydrogens is 272 g/mol. The summed E-state index contributed by atoms with van der Waals surface area (Å²) in [5.74, 6) is 1.13. The lowest BCUT2D eigenvalue weighted by molar-refractivity contribution is 0.117. The summed E-state index contributed by atoms with van der Waals surface area (Å²) < 4.78 is 12.8. The molecule has 3 heterocycles. The molecule has 1 aromatic heterocycles. The molecule has 6 heteroatoms. The van der Waals surface area contributed by atoms with Crippen molar-refractivity contribution in [3.8, 4) is 11.6 Å². The molecule has 0 spiro atoms. The molecule has 2 aromatic rings. The lowest BCUT2D eigenvalue weighted by atomic mass is 9.79. The first-order valence-electron chi connectivity index (χ1n) is 6.84. The molecule has 0 bridgehead atoms. The van der Waals surface area contributed by atoms with Crippen molar-refractivity contribution in [2.45, 2.75) is 5.92 Å². The second-order valence-corrected chi connectivity index (χ2v) is 5.43. The van der Waals surface area contributed by atoms with Crippen LogP contribution >= 0.6 is 0 Å². The minimum absolute atomic E-state index is 0.0750. The molecule has 21 heavy (non-hydrogen) atoms. The number of ether oxygens (including phenoxy) is 2. The third-order valence-electron chi connectivity index (χ3n) is 4.23. The molecule has 0 saturated heterocycles. The number of H-pyrrole nitrogens is 1. The Morgan fingerprint density at radius 1 is 1.19 bits per heavy atom. The minimum Gasteiger partial charge on any atom is -0.493 e. The zero-order valence-corrected chi connectivity index (χ0v) is 11.5. The molecule has 2 atom stereocenters. The maximum Gasteiger partial charge on any atom is 0.330 e. The molecular formula is C15H14N2O4. The van der Waals surface area contributed by atoms with Gasteiger partial charge < -0.3 is 9.47 Å². The Labute approximate surface area is 120 Å². The second-order valence-electron chi connectivity index (χ2n) is 5.43. The number of para-hydroxylation sites is 1. The minimum atomic E-state index is -0.461. The van der Waals surface area contributed by atoms with Gasteiger partial charge in [0, 0.05) is 24.4 Å². The average Bonchev–Trinajstić information content (AvgIpc) is 2.51. The Bertz CT molecular complexity index is 836. The fourth-order valence-electron chi connectivity index (χ4n) is 3.20. The van der Waals surface area contributed by atoms with Gasteiger partial charge in [-0.1, -0.05) is 18.2 Å². The van der Waals surface area contributed by atoms with Crippen molar-refractivity contribution < 1.29 is 9.47 Å². The molecule has 1 N–H and O–H groups in total. The Morgan fingerprint density at radius 3 is 2.81 bits per heavy atom. The lowest BCUT2D eigenvalue weighted by Crippen LogP contribution is -2.42. The van der Waals surface area contributed by atoms with Gasteiger partial charge in [-0.05, 0) is 6.07 Å². The number of nitrogens with one attached hydrogen (secondary N) is 1. The van der Waals surface area contributed by atoms with Gasteiger partial charge in [0.1, 0.15) is 5.75 Å². The van der Waals surface area contributed by atoms with E-state index in [9.17, 15) is 9.59 Å². The van der Waals surface area contributed by atoms with E-state index in [0.29, 0.717) is 24.7 Å². The van der Waals surface area contributed by atoms with Crippen molar-refractivity contribution in [1.29, 1.82) is 0 Å². The summed E-state index contributed by atoms with van der Waals surface area (Å²) in [4.78, 5) is 26.4. The van der Waals surface area contributed by atoms with Gasteiger partial charge in [0.2, 0.25) is 5.88 Å². The third-order valence-corrected chi connectivity index (χ3v) is 4.23. The quantitative estimate of drug-likeness (QED) is 0.770. The van der Waals surface area contributed by atoms with Gasteiger partial charge in [-0.15, -0.1) is 0 Å². The number of hydrogen-bond acceptors (Lipinski definition) is 4. The maximum atomic E-state index is 12.3. The van der Waals surface area contributed by atoms with E-state index in [-0.39, 0.29) is 17.4 Å². The van der Waals surface area contributed by atoms with Crippen molar-refractivity contribution in [1.82, 2.24) is 9.55 Å². The molecule has 0 aliphatic carbocycles. The van der Waals surface area contributed by atoms with Crippen molar-refractivity contribution in [3.63, 3.8) is 0 Å². The summed E-state index contributed by atoms with van der Waals surface area (Å²) in [5.41, 5.74) is 0.656. The molecule has 2 aliphatic heterocycles. The van der Waals surface area contributed by atoms with Crippen LogP contribution in [0.15, 0.2) is 33.9 Å². The summed E-state index contributed by atoms with van der Waals surface area (Å²) in [6, 6.07) is 7.70. The van der Waals surface area contributed by atoms with Crippen LogP contribution in [0.1, 0.15) is 17.0 Å². The van der Waals surface area contributed by atoms with Gasteiger partial charge in [0.15, 0.2) is 0 Å². The van der Waals surface area contributed by atoms with Crippen LogP contribution in [0.25, 0.3) is 0 Å². The van der Waals surface area contributed by atoms with Crippen LogP contribution in [0.5, 0.6) is 11.6 Å². The van der Waals surface area contributed by atoms with Crippen molar-refractivity contribution in [2.24, 2.45) is 13.0 Å². The first-order chi connectivity index (χ1) is 10.2. The van der Waals surface area contributed by atoms with E-state index in [0.717, 1.165) is 11.3 Å². The summed E-state index contributed by atoms with van der Waals surface area (Å²) >= 11 is 0. The normalized spacial score (nSPS) is 22.3. The summed E-state index contributed by atoms with van der Waals surface area (Å²) in [7, 11) is 1.60. The largest absolute Gasteiger partial charge is 0.493 e. The van der Waals surface area contributed by atoms with Gasteiger partial charge in [-0.25, -0.2) is 4.79 Å². The summed E-state index contributed by atoms with van der Waals surface area (Å²) in [5, 5.41) is 0. The number of aromatic nitrogens is 2. The first kappa shape index (κ1) is 12.3. The molecule has 0 saturated carbocycles. The van der Waals surface area contributed by atoms with Crippen LogP contribution in [0.4, 0.5) is 0 Å². The number of hydrogen-bond donors (Lipinski definition) is 1. The van der Waals surface area contributed by atoms with Gasteiger partial charge in [-0.3, -0.25) is 14.3 Å². The van der Waals surface area contributed by atoms with E-state index in [1.165, 1.54) is 4.57 Å². The van der Waals surface area contributed by atoms with E-state index in [2.05, 4.69) is 4.98 Å². The highest BCUT2D eigenvalue weighted by molar-refractivity contribution is 5.47. The zero-order chi connectivity index (χ0) is 14.6. The Hall–Kier alpha value is -2.50.